The molecule has 0 spiro atoms. The van der Waals surface area contributed by atoms with Crippen molar-refractivity contribution >= 4 is 17.4 Å². The van der Waals surface area contributed by atoms with E-state index in [1.165, 1.54) is 5.56 Å². The van der Waals surface area contributed by atoms with Crippen LogP contribution in [0.1, 0.15) is 35.7 Å². The van der Waals surface area contributed by atoms with E-state index in [-0.39, 0.29) is 12.0 Å². The van der Waals surface area contributed by atoms with Gasteiger partial charge >= 0.3 is 0 Å². The molecule has 1 amide bonds. The summed E-state index contributed by atoms with van der Waals surface area (Å²) in [5.74, 6) is 1.67. The number of rotatable bonds is 8. The first-order chi connectivity index (χ1) is 14.0. The average molecular weight is 390 g/mol. The molecule has 0 fully saturated rings. The highest BCUT2D eigenvalue weighted by atomic mass is 16.5. The first-order valence-corrected chi connectivity index (χ1v) is 9.71. The Balaban J connectivity index is 1.61. The molecule has 3 rings (SSSR count). The lowest BCUT2D eigenvalue weighted by Crippen LogP contribution is -2.16. The van der Waals surface area contributed by atoms with Crippen LogP contribution in [-0.2, 0) is 6.42 Å². The third-order valence-electron chi connectivity index (χ3n) is 4.12. The highest BCUT2D eigenvalue weighted by Crippen LogP contribution is 2.18. The van der Waals surface area contributed by atoms with E-state index in [9.17, 15) is 4.79 Å². The summed E-state index contributed by atoms with van der Waals surface area (Å²) in [6.45, 7) is 6.44. The Morgan fingerprint density at radius 2 is 1.76 bits per heavy atom. The maximum absolute atomic E-state index is 12.6. The maximum atomic E-state index is 12.6. The molecule has 0 saturated carbocycles. The monoisotopic (exact) mass is 390 g/mol. The Morgan fingerprint density at radius 1 is 1.03 bits per heavy atom. The molecule has 6 heteroatoms. The number of anilines is 2. The van der Waals surface area contributed by atoms with Gasteiger partial charge in [0, 0.05) is 18.3 Å². The zero-order chi connectivity index (χ0) is 20.6. The van der Waals surface area contributed by atoms with Crippen LogP contribution in [0.25, 0.3) is 0 Å². The van der Waals surface area contributed by atoms with E-state index in [2.05, 4.69) is 32.7 Å². The van der Waals surface area contributed by atoms with Gasteiger partial charge in [0.05, 0.1) is 6.10 Å². The van der Waals surface area contributed by atoms with Crippen molar-refractivity contribution < 1.29 is 9.53 Å². The molecule has 0 radical (unpaired) electrons. The third-order valence-corrected chi connectivity index (χ3v) is 4.12. The van der Waals surface area contributed by atoms with Gasteiger partial charge in [-0.3, -0.25) is 4.79 Å². The Kier molecular flexibility index (Phi) is 6.79. The molecular formula is C23H26N4O2. The van der Waals surface area contributed by atoms with Crippen molar-refractivity contribution in [2.75, 3.05) is 17.2 Å². The predicted molar refractivity (Wildman–Crippen MR) is 116 cm³/mol. The second kappa shape index (κ2) is 9.68. The van der Waals surface area contributed by atoms with Crippen molar-refractivity contribution in [2.45, 2.75) is 33.3 Å². The molecule has 0 aliphatic rings. The Labute approximate surface area is 171 Å². The predicted octanol–water partition coefficient (Wildman–Crippen LogP) is 4.48. The van der Waals surface area contributed by atoms with E-state index in [0.717, 1.165) is 18.7 Å². The summed E-state index contributed by atoms with van der Waals surface area (Å²) in [4.78, 5) is 21.3. The number of hydrogen-bond acceptors (Lipinski definition) is 5. The van der Waals surface area contributed by atoms with Crippen molar-refractivity contribution in [1.82, 2.24) is 9.97 Å². The molecule has 150 valence electrons. The lowest BCUT2D eigenvalue weighted by atomic mass is 10.1. The first-order valence-electron chi connectivity index (χ1n) is 9.71. The van der Waals surface area contributed by atoms with E-state index in [1.54, 1.807) is 13.0 Å². The minimum Gasteiger partial charge on any atom is -0.491 e. The number of hydrogen-bond donors (Lipinski definition) is 2. The van der Waals surface area contributed by atoms with Gasteiger partial charge in [-0.1, -0.05) is 30.3 Å². The molecule has 6 nitrogen and oxygen atoms in total. The molecule has 2 aromatic carbocycles. The van der Waals surface area contributed by atoms with Gasteiger partial charge in [-0.2, -0.15) is 0 Å². The van der Waals surface area contributed by atoms with E-state index in [0.29, 0.717) is 23.0 Å². The summed E-state index contributed by atoms with van der Waals surface area (Å²) < 4.78 is 5.62. The van der Waals surface area contributed by atoms with Crippen LogP contribution in [0.15, 0.2) is 60.7 Å². The summed E-state index contributed by atoms with van der Waals surface area (Å²) in [5.41, 5.74) is 2.25. The number of carbonyl (C=O) groups excluding carboxylic acids is 1. The van der Waals surface area contributed by atoms with Crippen LogP contribution in [0.2, 0.25) is 0 Å². The van der Waals surface area contributed by atoms with Crippen molar-refractivity contribution in [3.63, 3.8) is 0 Å². The smallest absolute Gasteiger partial charge is 0.274 e. The van der Waals surface area contributed by atoms with Crippen LogP contribution in [0.3, 0.4) is 0 Å². The van der Waals surface area contributed by atoms with Crippen LogP contribution in [0.4, 0.5) is 11.5 Å². The summed E-state index contributed by atoms with van der Waals surface area (Å²) >= 11 is 0. The summed E-state index contributed by atoms with van der Waals surface area (Å²) in [6, 6.07) is 19.2. The SMILES string of the molecule is Cc1nc(NCCc2ccccc2)cc(C(=O)Nc2ccc(OC(C)C)cc2)n1. The van der Waals surface area contributed by atoms with Gasteiger partial charge < -0.3 is 15.4 Å². The number of nitrogens with one attached hydrogen (secondary N) is 2. The normalized spacial score (nSPS) is 10.6. The van der Waals surface area contributed by atoms with Gasteiger partial charge in [0.25, 0.3) is 5.91 Å². The molecule has 3 aromatic rings. The quantitative estimate of drug-likeness (QED) is 0.593. The molecule has 29 heavy (non-hydrogen) atoms. The highest BCUT2D eigenvalue weighted by Gasteiger charge is 2.11. The molecule has 0 unspecified atom stereocenters. The van der Waals surface area contributed by atoms with Crippen LogP contribution in [0, 0.1) is 6.92 Å². The molecular weight excluding hydrogens is 364 g/mol. The van der Waals surface area contributed by atoms with Crippen LogP contribution in [-0.4, -0.2) is 28.5 Å². The minimum atomic E-state index is -0.279. The number of amides is 1. The summed E-state index contributed by atoms with van der Waals surface area (Å²) in [6.07, 6.45) is 0.975. The zero-order valence-corrected chi connectivity index (χ0v) is 17.0. The molecule has 1 heterocycles. The van der Waals surface area contributed by atoms with Crippen molar-refractivity contribution in [2.24, 2.45) is 0 Å². The molecule has 2 N–H and O–H groups in total. The van der Waals surface area contributed by atoms with Gasteiger partial charge in [-0.15, -0.1) is 0 Å². The number of carbonyl (C=O) groups is 1. The third kappa shape index (κ3) is 6.31. The molecule has 0 bridgehead atoms. The molecule has 1 aromatic heterocycles. The van der Waals surface area contributed by atoms with Gasteiger partial charge in [0.2, 0.25) is 0 Å². The number of benzene rings is 2. The zero-order valence-electron chi connectivity index (χ0n) is 17.0. The largest absolute Gasteiger partial charge is 0.491 e. The number of nitrogens with zero attached hydrogens (tertiary/aromatic N) is 2. The van der Waals surface area contributed by atoms with Gasteiger partial charge in [-0.05, 0) is 57.0 Å². The Bertz CT molecular complexity index is 941. The van der Waals surface area contributed by atoms with Crippen LogP contribution >= 0.6 is 0 Å². The maximum Gasteiger partial charge on any atom is 0.274 e. The fourth-order valence-electron chi connectivity index (χ4n) is 2.84. The van der Waals surface area contributed by atoms with Crippen molar-refractivity contribution in [1.29, 1.82) is 0 Å². The van der Waals surface area contributed by atoms with E-state index >= 15 is 0 Å². The molecule has 0 aliphatic heterocycles. The van der Waals surface area contributed by atoms with Gasteiger partial charge in [0.15, 0.2) is 0 Å². The fraction of sp³-hybridized carbons (Fsp3) is 0.261. The topological polar surface area (TPSA) is 76.1 Å². The van der Waals surface area contributed by atoms with Crippen molar-refractivity contribution in [3.05, 3.63) is 77.7 Å². The number of aromatic nitrogens is 2. The van der Waals surface area contributed by atoms with E-state index in [1.807, 2.05) is 56.3 Å². The first kappa shape index (κ1) is 20.3. The van der Waals surface area contributed by atoms with E-state index < -0.39 is 0 Å². The average Bonchev–Trinajstić information content (AvgIpc) is 2.69. The fourth-order valence-corrected chi connectivity index (χ4v) is 2.84. The Hall–Kier alpha value is -3.41. The van der Waals surface area contributed by atoms with Gasteiger partial charge in [0.1, 0.15) is 23.1 Å². The highest BCUT2D eigenvalue weighted by molar-refractivity contribution is 6.03. The lowest BCUT2D eigenvalue weighted by molar-refractivity contribution is 0.102. The van der Waals surface area contributed by atoms with Crippen LogP contribution < -0.4 is 15.4 Å². The summed E-state index contributed by atoms with van der Waals surface area (Å²) in [5, 5.41) is 6.13. The molecule has 0 aliphatic carbocycles. The van der Waals surface area contributed by atoms with E-state index in [4.69, 9.17) is 4.74 Å². The second-order valence-electron chi connectivity index (χ2n) is 6.99. The standard InChI is InChI=1S/C23H26N4O2/c1-16(2)29-20-11-9-19(10-12-20)27-23(28)21-15-22(26-17(3)25-21)24-14-13-18-7-5-4-6-8-18/h4-12,15-16H,13-14H2,1-3H3,(H,27,28)(H,24,25,26). The molecule has 0 atom stereocenters. The number of ether oxygens (including phenoxy) is 1. The number of aryl methyl sites for hydroxylation is 1. The Morgan fingerprint density at radius 3 is 2.45 bits per heavy atom. The molecule has 0 saturated heterocycles. The summed E-state index contributed by atoms with van der Waals surface area (Å²) in [7, 11) is 0. The lowest BCUT2D eigenvalue weighted by Gasteiger charge is -2.11. The van der Waals surface area contributed by atoms with Crippen LogP contribution in [0.5, 0.6) is 5.75 Å². The second-order valence-corrected chi connectivity index (χ2v) is 6.99. The van der Waals surface area contributed by atoms with Crippen molar-refractivity contribution in [3.8, 4) is 5.75 Å². The van der Waals surface area contributed by atoms with Gasteiger partial charge in [-0.25, -0.2) is 9.97 Å². The minimum absolute atomic E-state index is 0.104.